The standard InChI is InChI=1S/C7H9N3O2S/c8-5-1-6(12)10-2-4(11)3-13-7(10)9-5/h1,4,11H,2-3,8H2. The number of fused-ring (bicyclic) bond motifs is 1. The van der Waals surface area contributed by atoms with Crippen LogP contribution in [0.1, 0.15) is 0 Å². The Morgan fingerprint density at radius 2 is 2.54 bits per heavy atom. The van der Waals surface area contributed by atoms with Crippen LogP contribution in [-0.2, 0) is 6.54 Å². The number of rotatable bonds is 0. The second-order valence-electron chi connectivity index (χ2n) is 2.88. The van der Waals surface area contributed by atoms with Crippen molar-refractivity contribution in [3.05, 3.63) is 16.4 Å². The number of nitrogens with zero attached hydrogens (tertiary/aromatic N) is 2. The van der Waals surface area contributed by atoms with Crippen LogP contribution in [0.4, 0.5) is 5.82 Å². The van der Waals surface area contributed by atoms with E-state index >= 15 is 0 Å². The van der Waals surface area contributed by atoms with Crippen LogP contribution >= 0.6 is 11.8 Å². The van der Waals surface area contributed by atoms with Gasteiger partial charge in [0.25, 0.3) is 5.56 Å². The Morgan fingerprint density at radius 3 is 3.31 bits per heavy atom. The molecule has 0 bridgehead atoms. The first kappa shape index (κ1) is 8.58. The van der Waals surface area contributed by atoms with Gasteiger partial charge in [0, 0.05) is 11.8 Å². The molecule has 1 unspecified atom stereocenters. The summed E-state index contributed by atoms with van der Waals surface area (Å²) in [4.78, 5) is 15.4. The van der Waals surface area contributed by atoms with Crippen LogP contribution < -0.4 is 11.3 Å². The molecular weight excluding hydrogens is 190 g/mol. The van der Waals surface area contributed by atoms with Crippen molar-refractivity contribution in [3.8, 4) is 0 Å². The van der Waals surface area contributed by atoms with Crippen molar-refractivity contribution in [3.63, 3.8) is 0 Å². The van der Waals surface area contributed by atoms with Gasteiger partial charge in [-0.05, 0) is 0 Å². The van der Waals surface area contributed by atoms with Gasteiger partial charge in [0.2, 0.25) is 0 Å². The third-order valence-corrected chi connectivity index (χ3v) is 2.91. The molecule has 0 amide bonds. The average Bonchev–Trinajstić information content (AvgIpc) is 2.06. The Labute approximate surface area is 78.6 Å². The van der Waals surface area contributed by atoms with Gasteiger partial charge in [0.05, 0.1) is 12.6 Å². The highest BCUT2D eigenvalue weighted by Crippen LogP contribution is 2.21. The highest BCUT2D eigenvalue weighted by Gasteiger charge is 2.18. The van der Waals surface area contributed by atoms with E-state index in [1.807, 2.05) is 0 Å². The molecule has 0 radical (unpaired) electrons. The summed E-state index contributed by atoms with van der Waals surface area (Å²) in [5.41, 5.74) is 5.22. The molecule has 0 fully saturated rings. The van der Waals surface area contributed by atoms with Gasteiger partial charge < -0.3 is 10.8 Å². The summed E-state index contributed by atoms with van der Waals surface area (Å²) in [6.07, 6.45) is -0.472. The smallest absolute Gasteiger partial charge is 0.256 e. The number of aromatic nitrogens is 2. The second kappa shape index (κ2) is 3.04. The highest BCUT2D eigenvalue weighted by molar-refractivity contribution is 7.99. The molecule has 3 N–H and O–H groups in total. The Balaban J connectivity index is 2.53. The molecule has 1 aliphatic heterocycles. The molecule has 1 aromatic heterocycles. The molecule has 1 atom stereocenters. The molecule has 70 valence electrons. The first-order valence-electron chi connectivity index (χ1n) is 3.85. The Kier molecular flexibility index (Phi) is 2.01. The van der Waals surface area contributed by atoms with E-state index in [0.29, 0.717) is 17.5 Å². The number of aliphatic hydroxyl groups is 1. The number of nitrogen functional groups attached to an aromatic ring is 1. The molecule has 1 aromatic rings. The molecule has 5 nitrogen and oxygen atoms in total. The maximum absolute atomic E-state index is 11.3. The molecule has 0 spiro atoms. The van der Waals surface area contributed by atoms with Crippen LogP contribution in [0.25, 0.3) is 0 Å². The van der Waals surface area contributed by atoms with E-state index < -0.39 is 6.10 Å². The molecule has 0 saturated carbocycles. The van der Waals surface area contributed by atoms with Gasteiger partial charge in [-0.2, -0.15) is 0 Å². The van der Waals surface area contributed by atoms with Crippen LogP contribution in [0.5, 0.6) is 0 Å². The maximum Gasteiger partial charge on any atom is 0.256 e. The summed E-state index contributed by atoms with van der Waals surface area (Å²) in [6.45, 7) is 0.314. The third-order valence-electron chi connectivity index (χ3n) is 1.79. The highest BCUT2D eigenvalue weighted by atomic mass is 32.2. The first-order chi connectivity index (χ1) is 6.16. The summed E-state index contributed by atoms with van der Waals surface area (Å²) in [7, 11) is 0. The molecule has 13 heavy (non-hydrogen) atoms. The van der Waals surface area contributed by atoms with Gasteiger partial charge >= 0.3 is 0 Å². The number of hydrogen-bond acceptors (Lipinski definition) is 5. The number of hydrogen-bond donors (Lipinski definition) is 2. The van der Waals surface area contributed by atoms with E-state index in [4.69, 9.17) is 5.73 Å². The zero-order valence-electron chi connectivity index (χ0n) is 6.80. The van der Waals surface area contributed by atoms with Crippen LogP contribution in [0.15, 0.2) is 16.0 Å². The van der Waals surface area contributed by atoms with Crippen molar-refractivity contribution < 1.29 is 5.11 Å². The lowest BCUT2D eigenvalue weighted by Crippen LogP contribution is -2.33. The Hall–Kier alpha value is -1.01. The fourth-order valence-corrected chi connectivity index (χ4v) is 2.15. The van der Waals surface area contributed by atoms with Crippen molar-refractivity contribution >= 4 is 17.6 Å². The maximum atomic E-state index is 11.3. The summed E-state index contributed by atoms with van der Waals surface area (Å²) < 4.78 is 1.44. The lowest BCUT2D eigenvalue weighted by atomic mass is 10.4. The number of anilines is 1. The largest absolute Gasteiger partial charge is 0.390 e. The SMILES string of the molecule is Nc1cc(=O)n2c(n1)SCC(O)C2. The summed E-state index contributed by atoms with van der Waals surface area (Å²) in [6, 6.07) is 1.27. The van der Waals surface area contributed by atoms with Crippen LogP contribution in [-0.4, -0.2) is 26.5 Å². The van der Waals surface area contributed by atoms with Gasteiger partial charge in [0.15, 0.2) is 5.16 Å². The van der Waals surface area contributed by atoms with Crippen LogP contribution in [0, 0.1) is 0 Å². The fraction of sp³-hybridized carbons (Fsp3) is 0.429. The van der Waals surface area contributed by atoms with Crippen molar-refractivity contribution in [1.82, 2.24) is 9.55 Å². The van der Waals surface area contributed by atoms with Crippen molar-refractivity contribution in [2.75, 3.05) is 11.5 Å². The van der Waals surface area contributed by atoms with E-state index in [1.165, 1.54) is 22.4 Å². The molecule has 0 saturated heterocycles. The summed E-state index contributed by atoms with van der Waals surface area (Å²) >= 11 is 1.35. The van der Waals surface area contributed by atoms with Gasteiger partial charge in [-0.1, -0.05) is 11.8 Å². The molecule has 1 aliphatic rings. The van der Waals surface area contributed by atoms with Crippen molar-refractivity contribution in [2.24, 2.45) is 0 Å². The second-order valence-corrected chi connectivity index (χ2v) is 3.86. The predicted octanol–water partition coefficient (Wildman–Crippen LogP) is -0.708. The molecule has 0 aliphatic carbocycles. The zero-order chi connectivity index (χ0) is 9.42. The number of nitrogens with two attached hydrogens (primary N) is 1. The Bertz CT molecular complexity index is 390. The monoisotopic (exact) mass is 199 g/mol. The minimum atomic E-state index is -0.472. The zero-order valence-corrected chi connectivity index (χ0v) is 7.62. The van der Waals surface area contributed by atoms with Gasteiger partial charge in [-0.25, -0.2) is 4.98 Å². The fourth-order valence-electron chi connectivity index (χ4n) is 1.21. The van der Waals surface area contributed by atoms with Gasteiger partial charge in [-0.15, -0.1) is 0 Å². The Morgan fingerprint density at radius 1 is 1.77 bits per heavy atom. The summed E-state index contributed by atoms with van der Waals surface area (Å²) in [5.74, 6) is 0.802. The quantitative estimate of drug-likeness (QED) is 0.539. The van der Waals surface area contributed by atoms with E-state index in [1.54, 1.807) is 0 Å². The molecule has 2 heterocycles. The van der Waals surface area contributed by atoms with Gasteiger partial charge in [0.1, 0.15) is 5.82 Å². The van der Waals surface area contributed by atoms with E-state index in [9.17, 15) is 9.90 Å². The van der Waals surface area contributed by atoms with E-state index in [2.05, 4.69) is 4.98 Å². The third kappa shape index (κ3) is 1.54. The normalized spacial score (nSPS) is 21.2. The minimum absolute atomic E-state index is 0.200. The molecule has 0 aromatic carbocycles. The number of thioether (sulfide) groups is 1. The average molecular weight is 199 g/mol. The van der Waals surface area contributed by atoms with Gasteiger partial charge in [-0.3, -0.25) is 9.36 Å². The van der Waals surface area contributed by atoms with Crippen LogP contribution in [0.2, 0.25) is 0 Å². The molecule has 2 rings (SSSR count). The molecular formula is C7H9N3O2S. The van der Waals surface area contributed by atoms with E-state index in [-0.39, 0.29) is 11.4 Å². The minimum Gasteiger partial charge on any atom is -0.390 e. The first-order valence-corrected chi connectivity index (χ1v) is 4.83. The van der Waals surface area contributed by atoms with Crippen LogP contribution in [0.3, 0.4) is 0 Å². The predicted molar refractivity (Wildman–Crippen MR) is 49.6 cm³/mol. The molecule has 6 heteroatoms. The summed E-state index contributed by atoms with van der Waals surface area (Å²) in [5, 5.41) is 9.90. The lowest BCUT2D eigenvalue weighted by Gasteiger charge is -2.20. The van der Waals surface area contributed by atoms with Crippen molar-refractivity contribution in [2.45, 2.75) is 17.8 Å². The lowest BCUT2D eigenvalue weighted by molar-refractivity contribution is 0.167. The van der Waals surface area contributed by atoms with E-state index in [0.717, 1.165) is 0 Å². The topological polar surface area (TPSA) is 81.1 Å². The number of aliphatic hydroxyl groups excluding tert-OH is 1. The van der Waals surface area contributed by atoms with Crippen molar-refractivity contribution in [1.29, 1.82) is 0 Å².